The van der Waals surface area contributed by atoms with Gasteiger partial charge in [0, 0.05) is 12.8 Å². The molecule has 3 heterocycles. The summed E-state index contributed by atoms with van der Waals surface area (Å²) < 4.78 is 2.30. The average molecular weight is 228 g/mol. The minimum atomic E-state index is -0.0595. The van der Waals surface area contributed by atoms with Crippen LogP contribution in [0.25, 0.3) is 0 Å². The highest BCUT2D eigenvalue weighted by Crippen LogP contribution is 2.29. The first-order valence-electron chi connectivity index (χ1n) is 6.68. The largest absolute Gasteiger partial charge is 0.387 e. The molecule has 2 N–H and O–H groups in total. The number of aliphatic hydroxyl groups excluding tert-OH is 2. The fourth-order valence-corrected chi connectivity index (χ4v) is 3.99. The van der Waals surface area contributed by atoms with Gasteiger partial charge in [-0.3, -0.25) is 0 Å². The topological polar surface area (TPSA) is 40.5 Å². The molecule has 2 unspecified atom stereocenters. The van der Waals surface area contributed by atoms with Gasteiger partial charge in [0.25, 0.3) is 0 Å². The van der Waals surface area contributed by atoms with Crippen LogP contribution in [0.15, 0.2) is 0 Å². The van der Waals surface area contributed by atoms with E-state index in [0.29, 0.717) is 0 Å². The van der Waals surface area contributed by atoms with Gasteiger partial charge in [-0.2, -0.15) is 0 Å². The molecule has 0 aromatic carbocycles. The molecular weight excluding hydrogens is 204 g/mol. The van der Waals surface area contributed by atoms with Crippen LogP contribution in [-0.4, -0.2) is 83.7 Å². The van der Waals surface area contributed by atoms with Gasteiger partial charge in [-0.25, -0.2) is 0 Å². The smallest absolute Gasteiger partial charge is 0.129 e. The van der Waals surface area contributed by atoms with E-state index in [1.165, 1.54) is 39.3 Å². The van der Waals surface area contributed by atoms with Crippen molar-refractivity contribution in [2.24, 2.45) is 0 Å². The highest BCUT2D eigenvalue weighted by atomic mass is 16.3. The molecule has 0 aromatic rings. The Morgan fingerprint density at radius 3 is 1.25 bits per heavy atom. The molecule has 3 fully saturated rings. The Balaban J connectivity index is 1.64. The summed E-state index contributed by atoms with van der Waals surface area (Å²) in [7, 11) is 0. The van der Waals surface area contributed by atoms with Gasteiger partial charge in [0.2, 0.25) is 0 Å². The second kappa shape index (κ2) is 3.67. The number of hydrogen-bond donors (Lipinski definition) is 2. The molecule has 3 saturated heterocycles. The highest BCUT2D eigenvalue weighted by molar-refractivity contribution is 4.71. The molecular formula is C12H24N2O2+2. The minimum absolute atomic E-state index is 0.0595. The summed E-state index contributed by atoms with van der Waals surface area (Å²) in [5.41, 5.74) is 0. The van der Waals surface area contributed by atoms with Gasteiger partial charge in [-0.15, -0.1) is 0 Å². The van der Waals surface area contributed by atoms with E-state index in [1.54, 1.807) is 0 Å². The molecule has 3 aliphatic heterocycles. The van der Waals surface area contributed by atoms with Gasteiger partial charge >= 0.3 is 0 Å². The predicted octanol–water partition coefficient (Wildman–Crippen LogP) is -0.837. The molecule has 3 rings (SSSR count). The summed E-state index contributed by atoms with van der Waals surface area (Å²) in [6, 6.07) is 0. The Bertz CT molecular complexity index is 246. The third kappa shape index (κ3) is 1.78. The van der Waals surface area contributed by atoms with E-state index < -0.39 is 0 Å². The molecule has 3 aliphatic rings. The maximum absolute atomic E-state index is 9.68. The van der Waals surface area contributed by atoms with Crippen molar-refractivity contribution in [2.45, 2.75) is 25.0 Å². The Hall–Kier alpha value is -0.160. The Labute approximate surface area is 97.3 Å². The monoisotopic (exact) mass is 228 g/mol. The van der Waals surface area contributed by atoms with E-state index in [2.05, 4.69) is 0 Å². The van der Waals surface area contributed by atoms with Crippen molar-refractivity contribution in [1.82, 2.24) is 0 Å². The molecule has 4 heteroatoms. The number of nitrogens with zero attached hydrogens (tertiary/aromatic N) is 2. The third-order valence-corrected chi connectivity index (χ3v) is 5.17. The maximum atomic E-state index is 9.68. The van der Waals surface area contributed by atoms with E-state index in [9.17, 15) is 10.2 Å². The van der Waals surface area contributed by atoms with Gasteiger partial charge in [-0.05, 0) is 0 Å². The number of rotatable bonds is 0. The van der Waals surface area contributed by atoms with Crippen molar-refractivity contribution in [3.05, 3.63) is 0 Å². The number of piperazine rings is 1. The molecule has 0 aliphatic carbocycles. The molecule has 4 nitrogen and oxygen atoms in total. The molecule has 0 amide bonds. The van der Waals surface area contributed by atoms with Crippen LogP contribution in [0.1, 0.15) is 12.8 Å². The Morgan fingerprint density at radius 1 is 0.625 bits per heavy atom. The lowest BCUT2D eigenvalue weighted by atomic mass is 10.2. The first kappa shape index (κ1) is 11.0. The zero-order valence-corrected chi connectivity index (χ0v) is 10.0. The van der Waals surface area contributed by atoms with Crippen molar-refractivity contribution in [3.63, 3.8) is 0 Å². The second-order valence-electron chi connectivity index (χ2n) is 6.28. The molecule has 0 aromatic heterocycles. The van der Waals surface area contributed by atoms with Gasteiger partial charge in [0.05, 0.1) is 13.1 Å². The highest BCUT2D eigenvalue weighted by Gasteiger charge is 2.48. The zero-order valence-electron chi connectivity index (χ0n) is 10.0. The van der Waals surface area contributed by atoms with Crippen molar-refractivity contribution in [3.8, 4) is 0 Å². The van der Waals surface area contributed by atoms with Gasteiger partial charge in [0.15, 0.2) is 0 Å². The lowest BCUT2D eigenvalue weighted by Gasteiger charge is -2.46. The number of hydrogen-bond acceptors (Lipinski definition) is 2. The van der Waals surface area contributed by atoms with E-state index in [1.807, 2.05) is 0 Å². The van der Waals surface area contributed by atoms with E-state index in [-0.39, 0.29) is 12.2 Å². The molecule has 16 heavy (non-hydrogen) atoms. The first-order valence-corrected chi connectivity index (χ1v) is 6.68. The summed E-state index contributed by atoms with van der Waals surface area (Å²) >= 11 is 0. The predicted molar refractivity (Wildman–Crippen MR) is 60.7 cm³/mol. The van der Waals surface area contributed by atoms with Crippen LogP contribution >= 0.6 is 0 Å². The Kier molecular flexibility index (Phi) is 2.51. The van der Waals surface area contributed by atoms with Crippen LogP contribution in [0.2, 0.25) is 0 Å². The lowest BCUT2D eigenvalue weighted by molar-refractivity contribution is -1.02. The van der Waals surface area contributed by atoms with Gasteiger partial charge in [0.1, 0.15) is 51.5 Å². The third-order valence-electron chi connectivity index (χ3n) is 5.17. The van der Waals surface area contributed by atoms with E-state index in [4.69, 9.17) is 0 Å². The zero-order chi connectivity index (χ0) is 11.2. The quantitative estimate of drug-likeness (QED) is 0.531. The molecule has 0 bridgehead atoms. The fraction of sp³-hybridized carbons (Fsp3) is 1.00. The van der Waals surface area contributed by atoms with Crippen LogP contribution in [0, 0.1) is 0 Å². The van der Waals surface area contributed by atoms with Crippen LogP contribution in [0.4, 0.5) is 0 Å². The molecule has 0 saturated carbocycles. The number of aliphatic hydroxyl groups is 2. The summed E-state index contributed by atoms with van der Waals surface area (Å²) in [5, 5.41) is 19.4. The van der Waals surface area contributed by atoms with Crippen LogP contribution < -0.4 is 0 Å². The van der Waals surface area contributed by atoms with Crippen molar-refractivity contribution in [2.75, 3.05) is 52.4 Å². The summed E-state index contributed by atoms with van der Waals surface area (Å²) in [5.74, 6) is 0. The SMILES string of the molecule is OC1CC[N+]2(CC[N+]3(CCC(O)C3)CC2)C1. The van der Waals surface area contributed by atoms with Crippen LogP contribution in [0.3, 0.4) is 0 Å². The molecule has 0 radical (unpaired) electrons. The molecule has 92 valence electrons. The first-order chi connectivity index (χ1) is 7.62. The Morgan fingerprint density at radius 2 is 1.00 bits per heavy atom. The number of quaternary nitrogens is 2. The normalized spacial score (nSPS) is 52.9. The lowest BCUT2D eigenvalue weighted by Crippen LogP contribution is -2.65. The second-order valence-corrected chi connectivity index (χ2v) is 6.28. The molecule has 2 atom stereocenters. The molecule has 2 spiro atoms. The van der Waals surface area contributed by atoms with Crippen molar-refractivity contribution in [1.29, 1.82) is 0 Å². The summed E-state index contributed by atoms with van der Waals surface area (Å²) in [4.78, 5) is 0. The fourth-order valence-electron chi connectivity index (χ4n) is 3.99. The maximum Gasteiger partial charge on any atom is 0.129 e. The van der Waals surface area contributed by atoms with Crippen molar-refractivity contribution < 1.29 is 19.2 Å². The minimum Gasteiger partial charge on any atom is -0.387 e. The average Bonchev–Trinajstić information content (AvgIpc) is 2.79. The van der Waals surface area contributed by atoms with E-state index in [0.717, 1.165) is 34.9 Å². The van der Waals surface area contributed by atoms with Gasteiger partial charge < -0.3 is 19.2 Å². The van der Waals surface area contributed by atoms with Crippen LogP contribution in [0.5, 0.6) is 0 Å². The van der Waals surface area contributed by atoms with Gasteiger partial charge in [-0.1, -0.05) is 0 Å². The summed E-state index contributed by atoms with van der Waals surface area (Å²) in [6.07, 6.45) is 1.86. The van der Waals surface area contributed by atoms with Crippen LogP contribution in [-0.2, 0) is 0 Å². The van der Waals surface area contributed by atoms with Crippen molar-refractivity contribution >= 4 is 0 Å². The van der Waals surface area contributed by atoms with E-state index >= 15 is 0 Å². The standard InChI is InChI=1S/C12H24N2O2/c15-11-1-3-13(9-11)5-7-14(8-6-13)4-2-12(16)10-14/h11-12,15-16H,1-10H2/q+2. The summed E-state index contributed by atoms with van der Waals surface area (Å²) in [6.45, 7) is 9.14.